The van der Waals surface area contributed by atoms with Crippen LogP contribution >= 0.6 is 0 Å². The largest absolute Gasteiger partial charge is 0.573 e. The number of halogens is 3. The number of hydroxylamine groups is 1. The summed E-state index contributed by atoms with van der Waals surface area (Å²) in [5, 5.41) is 13.7. The van der Waals surface area contributed by atoms with Crippen molar-refractivity contribution in [2.24, 2.45) is 0 Å². The van der Waals surface area contributed by atoms with Crippen LogP contribution in [0.5, 0.6) is 11.5 Å². The van der Waals surface area contributed by atoms with Crippen molar-refractivity contribution in [2.75, 3.05) is 0 Å². The van der Waals surface area contributed by atoms with Gasteiger partial charge in [0.2, 0.25) is 11.7 Å². The van der Waals surface area contributed by atoms with Gasteiger partial charge in [-0.15, -0.1) is 23.4 Å². The fourth-order valence-electron chi connectivity index (χ4n) is 2.52. The summed E-state index contributed by atoms with van der Waals surface area (Å²) in [6.07, 6.45) is -3.61. The van der Waals surface area contributed by atoms with Crippen molar-refractivity contribution in [3.8, 4) is 22.9 Å². The van der Waals surface area contributed by atoms with Crippen molar-refractivity contribution in [3.05, 3.63) is 66.1 Å². The number of ether oxygens (including phenoxy) is 2. The zero-order valence-corrected chi connectivity index (χ0v) is 14.0. The summed E-state index contributed by atoms with van der Waals surface area (Å²) in [7, 11) is 0. The van der Waals surface area contributed by atoms with Crippen LogP contribution in [0.3, 0.4) is 0 Å². The first kappa shape index (κ1) is 17.8. The van der Waals surface area contributed by atoms with E-state index in [-0.39, 0.29) is 5.75 Å². The number of nitrogens with zero attached hydrogens (tertiary/aromatic N) is 3. The number of tetrazole rings is 1. The van der Waals surface area contributed by atoms with Gasteiger partial charge in [-0.2, -0.15) is 5.21 Å². The molecule has 0 bridgehead atoms. The zero-order valence-electron chi connectivity index (χ0n) is 14.0. The molecule has 1 aromatic heterocycles. The molecule has 0 saturated carbocycles. The number of rotatable bonds is 5. The van der Waals surface area contributed by atoms with Gasteiger partial charge >= 0.3 is 6.36 Å². The lowest BCUT2D eigenvalue weighted by molar-refractivity contribution is -0.274. The highest BCUT2D eigenvalue weighted by Crippen LogP contribution is 2.29. The lowest BCUT2D eigenvalue weighted by Gasteiger charge is -2.11. The lowest BCUT2D eigenvalue weighted by atomic mass is 10.1. The van der Waals surface area contributed by atoms with Crippen molar-refractivity contribution in [3.63, 3.8) is 0 Å². The summed E-state index contributed by atoms with van der Waals surface area (Å²) in [5.41, 5.74) is 3.98. The lowest BCUT2D eigenvalue weighted by Crippen LogP contribution is -2.17. The number of nitrogens with one attached hydrogen (secondary N) is 2. The Bertz CT molecular complexity index is 974. The zero-order chi connectivity index (χ0) is 19.6. The van der Waals surface area contributed by atoms with E-state index in [4.69, 9.17) is 9.57 Å². The molecule has 1 atom stereocenters. The van der Waals surface area contributed by atoms with Crippen LogP contribution in [0.2, 0.25) is 0 Å². The van der Waals surface area contributed by atoms with E-state index in [2.05, 4.69) is 30.8 Å². The smallest absolute Gasteiger partial charge is 0.439 e. The van der Waals surface area contributed by atoms with Crippen molar-refractivity contribution in [1.29, 1.82) is 0 Å². The Kier molecular flexibility index (Phi) is 4.57. The van der Waals surface area contributed by atoms with E-state index in [1.807, 2.05) is 0 Å². The average molecular weight is 391 g/mol. The number of aromatic amines is 1. The van der Waals surface area contributed by atoms with Gasteiger partial charge in [0.25, 0.3) is 0 Å². The molecule has 2 aromatic carbocycles. The fourth-order valence-corrected chi connectivity index (χ4v) is 2.52. The molecule has 0 aliphatic carbocycles. The molecule has 0 radical (unpaired) electrons. The van der Waals surface area contributed by atoms with Crippen LogP contribution in [0.25, 0.3) is 11.4 Å². The topological polar surface area (TPSA) is 94.2 Å². The van der Waals surface area contributed by atoms with Gasteiger partial charge in [-0.05, 0) is 35.0 Å². The SMILES string of the molecule is FC(F)(F)Oc1ccc([C@H]2C=C(Oc3cccc(-c4nn[nH]n4)c3)NO2)cc1. The second-order valence-corrected chi connectivity index (χ2v) is 5.65. The Morgan fingerprint density at radius 3 is 2.57 bits per heavy atom. The minimum absolute atomic E-state index is 0.305. The Morgan fingerprint density at radius 2 is 1.86 bits per heavy atom. The second-order valence-electron chi connectivity index (χ2n) is 5.65. The molecule has 3 aromatic rings. The number of alkyl halides is 3. The summed E-state index contributed by atoms with van der Waals surface area (Å²) < 4.78 is 46.2. The average Bonchev–Trinajstić information content (AvgIpc) is 3.33. The molecule has 1 aliphatic heterocycles. The Labute approximate surface area is 155 Å². The molecule has 2 N–H and O–H groups in total. The molecule has 0 fully saturated rings. The minimum atomic E-state index is -4.73. The van der Waals surface area contributed by atoms with E-state index < -0.39 is 12.5 Å². The highest BCUT2D eigenvalue weighted by Gasteiger charge is 2.31. The van der Waals surface area contributed by atoms with Crippen molar-refractivity contribution >= 4 is 0 Å². The second kappa shape index (κ2) is 7.19. The van der Waals surface area contributed by atoms with Crippen LogP contribution in [-0.4, -0.2) is 27.0 Å². The van der Waals surface area contributed by atoms with Crippen molar-refractivity contribution in [1.82, 2.24) is 26.1 Å². The van der Waals surface area contributed by atoms with E-state index in [0.717, 1.165) is 0 Å². The molecule has 144 valence electrons. The van der Waals surface area contributed by atoms with E-state index in [9.17, 15) is 13.2 Å². The van der Waals surface area contributed by atoms with Crippen molar-refractivity contribution < 1.29 is 27.5 Å². The predicted octanol–water partition coefficient (Wildman–Crippen LogP) is 3.26. The van der Waals surface area contributed by atoms with Gasteiger partial charge in [0.05, 0.1) is 0 Å². The quantitative estimate of drug-likeness (QED) is 0.689. The fraction of sp³-hybridized carbons (Fsp3) is 0.118. The summed E-state index contributed by atoms with van der Waals surface area (Å²) in [6, 6.07) is 12.4. The van der Waals surface area contributed by atoms with Gasteiger partial charge in [-0.1, -0.05) is 24.3 Å². The molecular weight excluding hydrogens is 379 g/mol. The first-order valence-corrected chi connectivity index (χ1v) is 7.97. The Hall–Kier alpha value is -3.60. The van der Waals surface area contributed by atoms with Gasteiger partial charge in [-0.3, -0.25) is 4.84 Å². The van der Waals surface area contributed by atoms with E-state index >= 15 is 0 Å². The Balaban J connectivity index is 1.44. The number of H-pyrrole nitrogens is 1. The highest BCUT2D eigenvalue weighted by molar-refractivity contribution is 5.56. The molecule has 0 amide bonds. The molecule has 2 heterocycles. The standard InChI is InChI=1S/C17H12F3N5O3/c18-17(19,20)27-12-6-4-10(5-7-12)14-9-15(23-28-14)26-13-3-1-2-11(8-13)16-21-24-25-22-16/h1-9,14,23H,(H,21,22,24,25)/t14-/m1/s1. The van der Waals surface area contributed by atoms with E-state index in [1.165, 1.54) is 24.3 Å². The summed E-state index contributed by atoms with van der Waals surface area (Å²) in [5.74, 6) is 0.972. The summed E-state index contributed by atoms with van der Waals surface area (Å²) in [4.78, 5) is 5.40. The molecule has 0 unspecified atom stereocenters. The maximum atomic E-state index is 12.2. The van der Waals surface area contributed by atoms with E-state index in [0.29, 0.717) is 28.6 Å². The van der Waals surface area contributed by atoms with Crippen LogP contribution in [0.15, 0.2) is 60.5 Å². The minimum Gasteiger partial charge on any atom is -0.439 e. The maximum absolute atomic E-state index is 12.2. The molecule has 0 spiro atoms. The maximum Gasteiger partial charge on any atom is 0.573 e. The predicted molar refractivity (Wildman–Crippen MR) is 88.4 cm³/mol. The third kappa shape index (κ3) is 4.20. The molecule has 11 heteroatoms. The van der Waals surface area contributed by atoms with E-state index in [1.54, 1.807) is 30.3 Å². The normalized spacial score (nSPS) is 16.4. The molecule has 4 rings (SSSR count). The highest BCUT2D eigenvalue weighted by atomic mass is 19.4. The molecule has 1 aliphatic rings. The van der Waals surface area contributed by atoms with Crippen LogP contribution in [0, 0.1) is 0 Å². The van der Waals surface area contributed by atoms with Gasteiger partial charge in [0.1, 0.15) is 17.6 Å². The third-order valence-electron chi connectivity index (χ3n) is 3.70. The number of aromatic nitrogens is 4. The monoisotopic (exact) mass is 391 g/mol. The molecule has 8 nitrogen and oxygen atoms in total. The summed E-state index contributed by atoms with van der Waals surface area (Å²) >= 11 is 0. The number of benzene rings is 2. The first-order chi connectivity index (χ1) is 13.5. The molecule has 0 saturated heterocycles. The Morgan fingerprint density at radius 1 is 1.04 bits per heavy atom. The van der Waals surface area contributed by atoms with Crippen LogP contribution in [0.4, 0.5) is 13.2 Å². The molecular formula is C17H12F3N5O3. The van der Waals surface area contributed by atoms with Crippen molar-refractivity contribution in [2.45, 2.75) is 12.5 Å². The van der Waals surface area contributed by atoms with Gasteiger partial charge in [-0.25, -0.2) is 5.48 Å². The van der Waals surface area contributed by atoms with Crippen LogP contribution in [0.1, 0.15) is 11.7 Å². The van der Waals surface area contributed by atoms with Gasteiger partial charge < -0.3 is 9.47 Å². The molecule has 28 heavy (non-hydrogen) atoms. The van der Waals surface area contributed by atoms with Gasteiger partial charge in [0.15, 0.2) is 0 Å². The van der Waals surface area contributed by atoms with Crippen LogP contribution < -0.4 is 15.0 Å². The first-order valence-electron chi connectivity index (χ1n) is 7.97. The third-order valence-corrected chi connectivity index (χ3v) is 3.70. The number of hydrogen-bond acceptors (Lipinski definition) is 7. The van der Waals surface area contributed by atoms with Gasteiger partial charge in [0, 0.05) is 11.6 Å². The number of hydrogen-bond donors (Lipinski definition) is 2. The summed E-state index contributed by atoms with van der Waals surface area (Å²) in [6.45, 7) is 0. The van der Waals surface area contributed by atoms with Crippen LogP contribution in [-0.2, 0) is 4.84 Å².